The van der Waals surface area contributed by atoms with E-state index in [1.54, 1.807) is 48.5 Å². The lowest BCUT2D eigenvalue weighted by molar-refractivity contribution is -0.277. The van der Waals surface area contributed by atoms with Crippen LogP contribution in [-0.2, 0) is 44.7 Å². The van der Waals surface area contributed by atoms with Crippen molar-refractivity contribution in [3.8, 4) is 33.8 Å². The van der Waals surface area contributed by atoms with Gasteiger partial charge in [-0.25, -0.2) is 0 Å². The van der Waals surface area contributed by atoms with Crippen molar-refractivity contribution in [1.29, 1.82) is 0 Å². The van der Waals surface area contributed by atoms with Gasteiger partial charge in [-0.1, -0.05) is 93.8 Å². The Hall–Kier alpha value is -4.25. The number of unbranched alkanes of at least 4 members (excludes halogenated alkanes) is 3. The zero-order chi connectivity index (χ0) is 46.5. The van der Waals surface area contributed by atoms with E-state index in [9.17, 15) is 55.5 Å². The van der Waals surface area contributed by atoms with Gasteiger partial charge in [0.05, 0.1) is 26.1 Å². The Labute approximate surface area is 394 Å². The number of halogens is 1. The fourth-order valence-electron chi connectivity index (χ4n) is 7.57. The monoisotopic (exact) mass is 1020 g/mol. The highest BCUT2D eigenvalue weighted by Crippen LogP contribution is 2.37. The molecule has 17 heteroatoms. The van der Waals surface area contributed by atoms with Gasteiger partial charge in [-0.05, 0) is 76.9 Å². The SMILES string of the molecule is CCCCCCc1ccc(O[C@H]2O[C@H](CO)[C@@H](O)[C@H](O)[C@@H]2O)c(-c2cccc(CC(=O)O)c2)c1.CCc1ccc(O[C@H]2O[C@H](CO)[C@@H](O)[C@H](O)[C@@H]2O)c(-c2cccc(CC(=O)O)c2)c1.I. The van der Waals surface area contributed by atoms with Crippen molar-refractivity contribution in [2.75, 3.05) is 13.2 Å². The van der Waals surface area contributed by atoms with Crippen LogP contribution in [0.4, 0.5) is 0 Å². The predicted octanol–water partition coefficient (Wildman–Crippen LogP) is 3.62. The van der Waals surface area contributed by atoms with Crippen molar-refractivity contribution in [3.63, 3.8) is 0 Å². The molecule has 0 spiro atoms. The number of hydrogen-bond acceptors (Lipinski definition) is 14. The maximum absolute atomic E-state index is 11.2. The third kappa shape index (κ3) is 14.4. The van der Waals surface area contributed by atoms with Crippen LogP contribution in [-0.4, -0.2) is 138 Å². The smallest absolute Gasteiger partial charge is 0.307 e. The number of carboxylic acids is 2. The first-order chi connectivity index (χ1) is 30.7. The molecule has 0 aliphatic carbocycles. The van der Waals surface area contributed by atoms with Gasteiger partial charge < -0.3 is 70.0 Å². The molecule has 10 N–H and O–H groups in total. The minimum atomic E-state index is -1.55. The maximum Gasteiger partial charge on any atom is 0.307 e. The number of ether oxygens (including phenoxy) is 4. The average molecular weight is 1020 g/mol. The van der Waals surface area contributed by atoms with Gasteiger partial charge in [0.25, 0.3) is 0 Å². The van der Waals surface area contributed by atoms with Gasteiger partial charge in [0, 0.05) is 11.1 Å². The summed E-state index contributed by atoms with van der Waals surface area (Å²) in [6.45, 7) is 3.06. The summed E-state index contributed by atoms with van der Waals surface area (Å²) in [7, 11) is 0. The van der Waals surface area contributed by atoms with Crippen molar-refractivity contribution in [3.05, 3.63) is 107 Å². The van der Waals surface area contributed by atoms with Crippen molar-refractivity contribution in [1.82, 2.24) is 0 Å². The van der Waals surface area contributed by atoms with Crippen LogP contribution < -0.4 is 9.47 Å². The predicted molar refractivity (Wildman–Crippen MR) is 248 cm³/mol. The number of aliphatic hydroxyl groups excluding tert-OH is 8. The molecule has 0 amide bonds. The average Bonchev–Trinajstić information content (AvgIpc) is 3.28. The Bertz CT molecular complexity index is 2130. The number of carbonyl (C=O) groups is 2. The first-order valence-electron chi connectivity index (χ1n) is 21.5. The van der Waals surface area contributed by atoms with Crippen LogP contribution in [0.25, 0.3) is 22.3 Å². The Morgan fingerprint density at radius 3 is 1.40 bits per heavy atom. The fraction of sp³-hybridized carbons (Fsp3) is 0.458. The topological polar surface area (TPSA) is 273 Å². The van der Waals surface area contributed by atoms with Crippen LogP contribution in [0, 0.1) is 0 Å². The second-order valence-electron chi connectivity index (χ2n) is 16.0. The molecule has 356 valence electrons. The summed E-state index contributed by atoms with van der Waals surface area (Å²) in [4.78, 5) is 22.3. The van der Waals surface area contributed by atoms with Gasteiger partial charge in [0.2, 0.25) is 12.6 Å². The van der Waals surface area contributed by atoms with Gasteiger partial charge in [0.1, 0.15) is 60.3 Å². The molecule has 65 heavy (non-hydrogen) atoms. The van der Waals surface area contributed by atoms with E-state index >= 15 is 0 Å². The highest BCUT2D eigenvalue weighted by atomic mass is 127. The molecule has 0 bridgehead atoms. The van der Waals surface area contributed by atoms with Crippen LogP contribution in [0.5, 0.6) is 11.5 Å². The summed E-state index contributed by atoms with van der Waals surface area (Å²) in [5.74, 6) is -1.15. The molecule has 16 nitrogen and oxygen atoms in total. The molecule has 6 rings (SSSR count). The molecule has 0 saturated carbocycles. The first kappa shape index (κ1) is 53.4. The van der Waals surface area contributed by atoms with E-state index in [2.05, 4.69) is 6.92 Å². The Morgan fingerprint density at radius 1 is 0.538 bits per heavy atom. The molecule has 10 atom stereocenters. The molecule has 2 aliphatic rings. The van der Waals surface area contributed by atoms with Crippen molar-refractivity contribution in [2.45, 2.75) is 127 Å². The normalized spacial score (nSPS) is 25.1. The van der Waals surface area contributed by atoms with E-state index < -0.39 is 86.6 Å². The summed E-state index contributed by atoms with van der Waals surface area (Å²) < 4.78 is 22.8. The molecule has 4 aromatic carbocycles. The van der Waals surface area contributed by atoms with Gasteiger partial charge in [0.15, 0.2) is 0 Å². The Morgan fingerprint density at radius 2 is 0.985 bits per heavy atom. The summed E-state index contributed by atoms with van der Waals surface area (Å²) >= 11 is 0. The van der Waals surface area contributed by atoms with Gasteiger partial charge in [-0.2, -0.15) is 0 Å². The molecule has 0 unspecified atom stereocenters. The van der Waals surface area contributed by atoms with Crippen LogP contribution >= 0.6 is 24.0 Å². The zero-order valence-electron chi connectivity index (χ0n) is 36.3. The molecule has 2 aliphatic heterocycles. The number of hydrogen-bond donors (Lipinski definition) is 10. The lowest BCUT2D eigenvalue weighted by Gasteiger charge is -2.39. The fourth-order valence-corrected chi connectivity index (χ4v) is 7.57. The summed E-state index contributed by atoms with van der Waals surface area (Å²) in [6, 6.07) is 25.3. The zero-order valence-corrected chi connectivity index (χ0v) is 38.6. The van der Waals surface area contributed by atoms with E-state index in [-0.39, 0.29) is 36.8 Å². The number of carboxylic acid groups (broad SMARTS) is 2. The number of aliphatic hydroxyl groups is 8. The van der Waals surface area contributed by atoms with E-state index in [0.717, 1.165) is 54.4 Å². The largest absolute Gasteiger partial charge is 0.481 e. The highest BCUT2D eigenvalue weighted by molar-refractivity contribution is 14.0. The summed E-state index contributed by atoms with van der Waals surface area (Å²) in [6.07, 6.45) is -7.99. The minimum absolute atomic E-state index is 0. The minimum Gasteiger partial charge on any atom is -0.481 e. The molecular formula is C48H61IO16. The lowest BCUT2D eigenvalue weighted by atomic mass is 9.96. The second kappa shape index (κ2) is 25.6. The van der Waals surface area contributed by atoms with Crippen molar-refractivity contribution < 1.29 is 79.6 Å². The molecule has 4 aromatic rings. The molecule has 0 aromatic heterocycles. The standard InChI is InChI=1S/C26H34O8.C22H26O8.HI/c1-2-3-4-5-7-16-10-11-20(33-26-25(32)24(31)23(30)21(15-27)34-26)19(13-16)18-9-6-8-17(12-18)14-22(28)29;1-2-12-6-7-16(29-22-21(28)20(27)19(26)17(11-23)30-22)15(9-12)14-5-3-4-13(8-14)10-18(24)25;/h6,8-13,21,23-27,30-32H,2-5,7,14-15H2,1H3,(H,28,29);3-9,17,19-23,26-28H,2,10-11H2,1H3,(H,24,25);1H/t21-,23-,24+,25+,26+;17-,19-,20+,21+,22+;/m11./s1. The lowest BCUT2D eigenvalue weighted by Crippen LogP contribution is -2.60. The van der Waals surface area contributed by atoms with E-state index in [0.29, 0.717) is 33.8 Å². The van der Waals surface area contributed by atoms with Crippen LogP contribution in [0.2, 0.25) is 0 Å². The molecular weight excluding hydrogens is 959 g/mol. The highest BCUT2D eigenvalue weighted by Gasteiger charge is 2.46. The number of aliphatic carboxylic acids is 2. The van der Waals surface area contributed by atoms with Gasteiger partial charge >= 0.3 is 11.9 Å². The number of aryl methyl sites for hydroxylation is 2. The van der Waals surface area contributed by atoms with Crippen molar-refractivity contribution in [2.24, 2.45) is 0 Å². The maximum atomic E-state index is 11.2. The van der Waals surface area contributed by atoms with Crippen molar-refractivity contribution >= 4 is 35.9 Å². The molecule has 2 heterocycles. The van der Waals surface area contributed by atoms with Gasteiger partial charge in [-0.3, -0.25) is 9.59 Å². The van der Waals surface area contributed by atoms with E-state index in [4.69, 9.17) is 24.1 Å². The summed E-state index contributed by atoms with van der Waals surface area (Å²) in [5, 5.41) is 97.9. The van der Waals surface area contributed by atoms with E-state index in [1.165, 1.54) is 6.42 Å². The molecule has 2 saturated heterocycles. The van der Waals surface area contributed by atoms with Gasteiger partial charge in [-0.15, -0.1) is 24.0 Å². The number of rotatable bonds is 18. The van der Waals surface area contributed by atoms with E-state index in [1.807, 2.05) is 43.3 Å². The molecule has 2 fully saturated rings. The Balaban J connectivity index is 0.000000282. The van der Waals surface area contributed by atoms with Crippen LogP contribution in [0.3, 0.4) is 0 Å². The summed E-state index contributed by atoms with van der Waals surface area (Å²) in [5.41, 5.74) is 6.21. The molecule has 0 radical (unpaired) electrons. The van der Waals surface area contributed by atoms with Crippen LogP contribution in [0.15, 0.2) is 84.9 Å². The quantitative estimate of drug-likeness (QED) is 0.0504. The first-order valence-corrected chi connectivity index (χ1v) is 21.5. The number of benzene rings is 4. The third-order valence-corrected chi connectivity index (χ3v) is 11.2. The van der Waals surface area contributed by atoms with Crippen LogP contribution in [0.1, 0.15) is 61.8 Å². The third-order valence-electron chi connectivity index (χ3n) is 11.2. The Kier molecular flexibility index (Phi) is 21.0. The second-order valence-corrected chi connectivity index (χ2v) is 16.0.